The maximum absolute atomic E-state index is 13.2. The van der Waals surface area contributed by atoms with Crippen LogP contribution in [0.15, 0.2) is 53.9 Å². The van der Waals surface area contributed by atoms with E-state index < -0.39 is 0 Å². The zero-order valence-electron chi connectivity index (χ0n) is 18.0. The van der Waals surface area contributed by atoms with E-state index in [1.807, 2.05) is 29.6 Å². The van der Waals surface area contributed by atoms with E-state index in [0.29, 0.717) is 26.2 Å². The number of hydrogen-bond acceptors (Lipinski definition) is 7. The van der Waals surface area contributed by atoms with Crippen LogP contribution in [0, 0.1) is 12.7 Å². The molecule has 2 N–H and O–H groups in total. The zero-order valence-corrected chi connectivity index (χ0v) is 19.6. The quantitative estimate of drug-likeness (QED) is 0.349. The first kappa shape index (κ1) is 21.9. The fourth-order valence-electron chi connectivity index (χ4n) is 3.34. The third kappa shape index (κ3) is 4.30. The van der Waals surface area contributed by atoms with E-state index in [4.69, 9.17) is 0 Å². The first-order chi connectivity index (χ1) is 16.4. The molecular weight excluding hydrogens is 475 g/mol. The molecule has 0 atom stereocenters. The van der Waals surface area contributed by atoms with Crippen molar-refractivity contribution in [3.05, 3.63) is 70.3 Å². The summed E-state index contributed by atoms with van der Waals surface area (Å²) >= 11 is 2.63. The summed E-state index contributed by atoms with van der Waals surface area (Å²) in [7, 11) is 0. The number of aryl methyl sites for hydroxylation is 1. The lowest BCUT2D eigenvalue weighted by molar-refractivity contribution is -0.114. The molecule has 8 nitrogen and oxygen atoms in total. The second-order valence-electron chi connectivity index (χ2n) is 7.40. The number of anilines is 2. The average molecular weight is 493 g/mol. The van der Waals surface area contributed by atoms with Crippen LogP contribution in [-0.4, -0.2) is 31.4 Å². The van der Waals surface area contributed by atoms with Gasteiger partial charge in [0.25, 0.3) is 11.9 Å². The van der Waals surface area contributed by atoms with Gasteiger partial charge in [-0.3, -0.25) is 14.9 Å². The lowest BCUT2D eigenvalue weighted by Gasteiger charge is -2.03. The number of nitrogens with zero attached hydrogens (tertiary/aromatic N) is 4. The van der Waals surface area contributed by atoms with Crippen LogP contribution in [0.5, 0.6) is 0 Å². The van der Waals surface area contributed by atoms with Gasteiger partial charge in [0.1, 0.15) is 15.7 Å². The first-order valence-corrected chi connectivity index (χ1v) is 11.8. The Morgan fingerprint density at radius 2 is 1.68 bits per heavy atom. The van der Waals surface area contributed by atoms with E-state index >= 15 is 0 Å². The molecule has 3 heterocycles. The molecule has 5 aromatic rings. The summed E-state index contributed by atoms with van der Waals surface area (Å²) in [4.78, 5) is 34.0. The molecule has 0 fully saturated rings. The fraction of sp³-hybridized carbons (Fsp3) is 0.0870. The highest BCUT2D eigenvalue weighted by Crippen LogP contribution is 2.30. The Balaban J connectivity index is 1.37. The van der Waals surface area contributed by atoms with Crippen molar-refractivity contribution in [1.29, 1.82) is 0 Å². The molecule has 2 amide bonds. The van der Waals surface area contributed by atoms with Crippen molar-refractivity contribution >= 4 is 51.1 Å². The molecule has 34 heavy (non-hydrogen) atoms. The summed E-state index contributed by atoms with van der Waals surface area (Å²) < 4.78 is 14.9. The second-order valence-corrected chi connectivity index (χ2v) is 9.24. The molecule has 0 saturated carbocycles. The summed E-state index contributed by atoms with van der Waals surface area (Å²) in [5.74, 6) is -0.640. The van der Waals surface area contributed by atoms with Crippen LogP contribution >= 0.6 is 22.7 Å². The molecule has 0 spiro atoms. The van der Waals surface area contributed by atoms with Gasteiger partial charge in [-0.05, 0) is 43.3 Å². The highest BCUT2D eigenvalue weighted by atomic mass is 32.1. The van der Waals surface area contributed by atoms with Gasteiger partial charge < -0.3 is 5.32 Å². The Labute approximate surface area is 201 Å². The molecule has 0 saturated heterocycles. The van der Waals surface area contributed by atoms with Crippen molar-refractivity contribution in [2.75, 3.05) is 10.6 Å². The van der Waals surface area contributed by atoms with E-state index in [0.717, 1.165) is 16.8 Å². The van der Waals surface area contributed by atoms with Crippen molar-refractivity contribution in [2.24, 2.45) is 0 Å². The monoisotopic (exact) mass is 492 g/mol. The van der Waals surface area contributed by atoms with Crippen molar-refractivity contribution < 1.29 is 14.0 Å². The van der Waals surface area contributed by atoms with E-state index in [1.165, 1.54) is 41.7 Å². The number of nitrogens with one attached hydrogen (secondary N) is 2. The third-order valence-corrected chi connectivity index (χ3v) is 6.92. The summed E-state index contributed by atoms with van der Waals surface area (Å²) in [5, 5.41) is 12.5. The molecule has 5 rings (SSSR count). The Kier molecular flexibility index (Phi) is 5.64. The maximum atomic E-state index is 13.2. The summed E-state index contributed by atoms with van der Waals surface area (Å²) in [6.07, 6.45) is 0. The molecule has 170 valence electrons. The van der Waals surface area contributed by atoms with E-state index in [9.17, 15) is 14.0 Å². The highest BCUT2D eigenvalue weighted by molar-refractivity contribution is 7.17. The number of rotatable bonds is 5. The fourth-order valence-corrected chi connectivity index (χ4v) is 5.14. The minimum atomic E-state index is -0.358. The predicted octanol–water partition coefficient (Wildman–Crippen LogP) is 5.24. The standard InChI is InChI=1S/C23H17FN6O2S2/c1-12-19(34-21(25-12)15-3-7-16(24)8-4-15)20(32)27-22-28-23-30(29-22)18(11-33-23)14-5-9-17(10-6-14)26-13(2)31/h3-11H,1-2H3,(H,26,31)(H,27,29,32). The van der Waals surface area contributed by atoms with Crippen LogP contribution in [0.3, 0.4) is 0 Å². The minimum absolute atomic E-state index is 0.136. The average Bonchev–Trinajstić information content (AvgIpc) is 3.48. The lowest BCUT2D eigenvalue weighted by Crippen LogP contribution is -2.12. The van der Waals surface area contributed by atoms with Crippen molar-refractivity contribution in [3.8, 4) is 21.8 Å². The number of hydrogen-bond donors (Lipinski definition) is 2. The van der Waals surface area contributed by atoms with Gasteiger partial charge in [0.05, 0.1) is 11.4 Å². The van der Waals surface area contributed by atoms with Crippen LogP contribution < -0.4 is 10.6 Å². The molecule has 0 bridgehead atoms. The van der Waals surface area contributed by atoms with Gasteiger partial charge in [0, 0.05) is 29.1 Å². The maximum Gasteiger partial charge on any atom is 0.270 e. The molecule has 0 aliphatic heterocycles. The Bertz CT molecular complexity index is 1520. The summed E-state index contributed by atoms with van der Waals surface area (Å²) in [6.45, 7) is 3.21. The van der Waals surface area contributed by atoms with Crippen LogP contribution in [-0.2, 0) is 4.79 Å². The largest absolute Gasteiger partial charge is 0.326 e. The van der Waals surface area contributed by atoms with Crippen LogP contribution in [0.1, 0.15) is 22.3 Å². The van der Waals surface area contributed by atoms with Crippen LogP contribution in [0.2, 0.25) is 0 Å². The second kappa shape index (κ2) is 8.76. The SMILES string of the molecule is CC(=O)Nc1ccc(-c2csc3nc(NC(=O)c4sc(-c5ccc(F)cc5)nc4C)nn23)cc1. The van der Waals surface area contributed by atoms with Crippen molar-refractivity contribution in [1.82, 2.24) is 19.6 Å². The molecule has 0 aliphatic rings. The van der Waals surface area contributed by atoms with Gasteiger partial charge in [0.15, 0.2) is 0 Å². The number of thiazole rings is 2. The normalized spacial score (nSPS) is 11.0. The van der Waals surface area contributed by atoms with Crippen molar-refractivity contribution in [2.45, 2.75) is 13.8 Å². The topological polar surface area (TPSA) is 101 Å². The summed E-state index contributed by atoms with van der Waals surface area (Å²) in [5.41, 5.74) is 3.72. The minimum Gasteiger partial charge on any atom is -0.326 e. The zero-order chi connectivity index (χ0) is 23.8. The van der Waals surface area contributed by atoms with E-state index in [-0.39, 0.29) is 23.6 Å². The van der Waals surface area contributed by atoms with E-state index in [1.54, 1.807) is 23.6 Å². The van der Waals surface area contributed by atoms with Gasteiger partial charge in [-0.15, -0.1) is 27.8 Å². The number of aromatic nitrogens is 4. The predicted molar refractivity (Wildman–Crippen MR) is 131 cm³/mol. The van der Waals surface area contributed by atoms with Gasteiger partial charge in [-0.1, -0.05) is 12.1 Å². The lowest BCUT2D eigenvalue weighted by atomic mass is 10.1. The number of carbonyl (C=O) groups excluding carboxylic acids is 2. The molecule has 0 radical (unpaired) electrons. The molecule has 0 aliphatic carbocycles. The van der Waals surface area contributed by atoms with Crippen molar-refractivity contribution in [3.63, 3.8) is 0 Å². The third-order valence-electron chi connectivity index (χ3n) is 4.90. The van der Waals surface area contributed by atoms with Gasteiger partial charge in [-0.2, -0.15) is 4.98 Å². The van der Waals surface area contributed by atoms with Gasteiger partial charge >= 0.3 is 0 Å². The number of halogens is 1. The number of benzene rings is 2. The summed E-state index contributed by atoms with van der Waals surface area (Å²) in [6, 6.07) is 13.4. The highest BCUT2D eigenvalue weighted by Gasteiger charge is 2.19. The van der Waals surface area contributed by atoms with Gasteiger partial charge in [0.2, 0.25) is 10.9 Å². The Morgan fingerprint density at radius 3 is 2.38 bits per heavy atom. The van der Waals surface area contributed by atoms with Crippen LogP contribution in [0.25, 0.3) is 26.8 Å². The Morgan fingerprint density at radius 1 is 0.971 bits per heavy atom. The molecule has 2 aromatic carbocycles. The first-order valence-electron chi connectivity index (χ1n) is 10.1. The van der Waals surface area contributed by atoms with Crippen LogP contribution in [0.4, 0.5) is 16.0 Å². The Hall–Kier alpha value is -3.96. The number of amides is 2. The molecule has 0 unspecified atom stereocenters. The van der Waals surface area contributed by atoms with Gasteiger partial charge in [-0.25, -0.2) is 13.9 Å². The van der Waals surface area contributed by atoms with E-state index in [2.05, 4.69) is 25.7 Å². The molecule has 3 aromatic heterocycles. The number of fused-ring (bicyclic) bond motifs is 1. The smallest absolute Gasteiger partial charge is 0.270 e. The molecule has 11 heteroatoms. The number of carbonyl (C=O) groups is 2. The molecular formula is C23H17FN6O2S2.